The number of ether oxygens (including phenoxy) is 1. The van der Waals surface area contributed by atoms with Crippen molar-refractivity contribution in [2.24, 2.45) is 0 Å². The maximum absolute atomic E-state index is 11.5. The summed E-state index contributed by atoms with van der Waals surface area (Å²) >= 11 is 0. The molecular weight excluding hydrogens is 252 g/mol. The molecule has 1 unspecified atom stereocenters. The molecule has 0 aromatic rings. The number of esters is 1. The summed E-state index contributed by atoms with van der Waals surface area (Å²) in [5.41, 5.74) is -0.139. The van der Waals surface area contributed by atoms with Crippen LogP contribution in [0.5, 0.6) is 0 Å². The fraction of sp³-hybridized carbons (Fsp3) is 0.583. The summed E-state index contributed by atoms with van der Waals surface area (Å²) in [5, 5.41) is 9.27. The number of carbonyl (C=O) groups is 3. The number of hydrogen-bond acceptors (Lipinski definition) is 5. The van der Waals surface area contributed by atoms with Gasteiger partial charge in [0, 0.05) is 19.8 Å². The van der Waals surface area contributed by atoms with Gasteiger partial charge in [0.15, 0.2) is 0 Å². The van der Waals surface area contributed by atoms with E-state index in [2.05, 4.69) is 0 Å². The maximum atomic E-state index is 11.5. The average Bonchev–Trinajstić information content (AvgIpc) is 2.80. The molecule has 7 heteroatoms. The Kier molecular flexibility index (Phi) is 2.21. The van der Waals surface area contributed by atoms with E-state index < -0.39 is 17.7 Å². The topological polar surface area (TPSA) is 86.9 Å². The van der Waals surface area contributed by atoms with E-state index in [1.807, 2.05) is 0 Å². The van der Waals surface area contributed by atoms with Crippen LogP contribution in [0.2, 0.25) is 0 Å². The van der Waals surface area contributed by atoms with Crippen LogP contribution in [0.1, 0.15) is 26.7 Å². The molecule has 7 nitrogen and oxygen atoms in total. The molecule has 1 N–H and O–H groups in total. The highest BCUT2D eigenvalue weighted by molar-refractivity contribution is 5.98. The van der Waals surface area contributed by atoms with Crippen molar-refractivity contribution in [2.45, 2.75) is 38.5 Å². The third kappa shape index (κ3) is 1.61. The van der Waals surface area contributed by atoms with Gasteiger partial charge in [-0.1, -0.05) is 0 Å². The van der Waals surface area contributed by atoms with Crippen molar-refractivity contribution >= 4 is 17.8 Å². The first-order chi connectivity index (χ1) is 8.83. The van der Waals surface area contributed by atoms with E-state index in [4.69, 9.17) is 4.74 Å². The zero-order valence-corrected chi connectivity index (χ0v) is 10.7. The van der Waals surface area contributed by atoms with Crippen LogP contribution in [-0.2, 0) is 19.1 Å². The first-order valence-electron chi connectivity index (χ1n) is 6.09. The number of β-lactam (4-membered cyclic amide) rings is 1. The molecular formula is C12H14N2O5. The first kappa shape index (κ1) is 12.0. The number of nitrogens with zero attached hydrogens (tertiary/aromatic N) is 2. The number of carboxylic acid groups (broad SMARTS) is 1. The van der Waals surface area contributed by atoms with E-state index in [-0.39, 0.29) is 17.6 Å². The molecule has 3 aliphatic heterocycles. The van der Waals surface area contributed by atoms with Crippen LogP contribution in [0.4, 0.5) is 0 Å². The third-order valence-electron chi connectivity index (χ3n) is 3.80. The Balaban J connectivity index is 1.88. The molecule has 3 heterocycles. The molecule has 0 spiro atoms. The van der Waals surface area contributed by atoms with Gasteiger partial charge in [0.1, 0.15) is 5.70 Å². The largest absolute Gasteiger partial charge is 0.477 e. The van der Waals surface area contributed by atoms with Gasteiger partial charge in [-0.3, -0.25) is 9.59 Å². The Morgan fingerprint density at radius 3 is 2.63 bits per heavy atom. The van der Waals surface area contributed by atoms with Gasteiger partial charge in [-0.25, -0.2) is 4.79 Å². The van der Waals surface area contributed by atoms with Crippen LogP contribution >= 0.6 is 0 Å². The highest BCUT2D eigenvalue weighted by Crippen LogP contribution is 2.47. The van der Waals surface area contributed by atoms with E-state index >= 15 is 0 Å². The number of aliphatic carboxylic acids is 1. The van der Waals surface area contributed by atoms with Crippen LogP contribution < -0.4 is 0 Å². The van der Waals surface area contributed by atoms with E-state index in [0.29, 0.717) is 25.1 Å². The molecule has 1 amide bonds. The lowest BCUT2D eigenvalue weighted by Crippen LogP contribution is -2.49. The predicted octanol–water partition coefficient (Wildman–Crippen LogP) is -0.118. The highest BCUT2D eigenvalue weighted by atomic mass is 16.6. The Labute approximate surface area is 109 Å². The Hall–Kier alpha value is -2.05. The van der Waals surface area contributed by atoms with E-state index in [9.17, 15) is 19.5 Å². The van der Waals surface area contributed by atoms with Crippen molar-refractivity contribution in [1.82, 2.24) is 9.80 Å². The minimum absolute atomic E-state index is 0.0390. The molecule has 2 atom stereocenters. The molecule has 0 saturated carbocycles. The van der Waals surface area contributed by atoms with Crippen LogP contribution in [-0.4, -0.2) is 51.1 Å². The van der Waals surface area contributed by atoms with Gasteiger partial charge in [0.2, 0.25) is 11.6 Å². The summed E-state index contributed by atoms with van der Waals surface area (Å²) in [5.74, 6) is -1.67. The Morgan fingerprint density at radius 2 is 2.11 bits per heavy atom. The van der Waals surface area contributed by atoms with Gasteiger partial charge < -0.3 is 19.6 Å². The molecule has 3 aliphatic rings. The smallest absolute Gasteiger partial charge is 0.354 e. The molecule has 0 aliphatic carbocycles. The molecule has 2 fully saturated rings. The van der Waals surface area contributed by atoms with Gasteiger partial charge in [0.05, 0.1) is 18.3 Å². The number of carboxylic acids is 1. The fourth-order valence-electron chi connectivity index (χ4n) is 2.91. The molecule has 0 aromatic carbocycles. The van der Waals surface area contributed by atoms with Crippen LogP contribution in [0.15, 0.2) is 11.4 Å². The SMILES string of the molecule is CC(=O)OC1(C)CN1C1=C(C(=O)O)N2C(=O)C[C@H]2C1. The van der Waals surface area contributed by atoms with E-state index in [0.717, 1.165) is 0 Å². The molecule has 0 aromatic heterocycles. The van der Waals surface area contributed by atoms with Crippen molar-refractivity contribution in [3.05, 3.63) is 11.4 Å². The number of hydrogen-bond donors (Lipinski definition) is 1. The molecule has 0 bridgehead atoms. The lowest BCUT2D eigenvalue weighted by molar-refractivity contribution is -0.149. The lowest BCUT2D eigenvalue weighted by Gasteiger charge is -2.34. The second-order valence-electron chi connectivity index (χ2n) is 5.28. The zero-order valence-electron chi connectivity index (χ0n) is 10.7. The standard InChI is InChI=1S/C12H14N2O5/c1-6(15)19-12(2)5-13(12)8-3-7-4-9(16)14(7)10(8)11(17)18/h7H,3-5H2,1-2H3,(H,17,18)/t7-,12?,13?/m1/s1. The molecule has 3 rings (SSSR count). The summed E-state index contributed by atoms with van der Waals surface area (Å²) in [6, 6.07) is -0.0456. The second-order valence-corrected chi connectivity index (χ2v) is 5.28. The minimum Gasteiger partial charge on any atom is -0.477 e. The third-order valence-corrected chi connectivity index (χ3v) is 3.80. The summed E-state index contributed by atoms with van der Waals surface area (Å²) < 4.78 is 5.18. The fourth-order valence-corrected chi connectivity index (χ4v) is 2.91. The summed E-state index contributed by atoms with van der Waals surface area (Å²) in [4.78, 5) is 36.9. The van der Waals surface area contributed by atoms with Crippen LogP contribution in [0, 0.1) is 0 Å². The zero-order chi connectivity index (χ0) is 13.9. The van der Waals surface area contributed by atoms with Gasteiger partial charge in [-0.05, 0) is 6.92 Å². The van der Waals surface area contributed by atoms with Crippen molar-refractivity contribution in [3.8, 4) is 0 Å². The van der Waals surface area contributed by atoms with Gasteiger partial charge in [-0.2, -0.15) is 0 Å². The van der Waals surface area contributed by atoms with Gasteiger partial charge in [0.25, 0.3) is 0 Å². The Morgan fingerprint density at radius 1 is 1.42 bits per heavy atom. The minimum atomic E-state index is -1.11. The van der Waals surface area contributed by atoms with E-state index in [1.54, 1.807) is 11.8 Å². The van der Waals surface area contributed by atoms with Crippen LogP contribution in [0.3, 0.4) is 0 Å². The van der Waals surface area contributed by atoms with Crippen molar-refractivity contribution in [1.29, 1.82) is 0 Å². The summed E-state index contributed by atoms with van der Waals surface area (Å²) in [6.07, 6.45) is 0.905. The van der Waals surface area contributed by atoms with Gasteiger partial charge in [-0.15, -0.1) is 0 Å². The van der Waals surface area contributed by atoms with Crippen molar-refractivity contribution in [3.63, 3.8) is 0 Å². The molecule has 0 radical (unpaired) electrons. The average molecular weight is 266 g/mol. The number of fused-ring (bicyclic) bond motifs is 1. The quantitative estimate of drug-likeness (QED) is 0.435. The predicted molar refractivity (Wildman–Crippen MR) is 61.4 cm³/mol. The number of carbonyl (C=O) groups excluding carboxylic acids is 2. The molecule has 19 heavy (non-hydrogen) atoms. The van der Waals surface area contributed by atoms with Crippen molar-refractivity contribution in [2.75, 3.05) is 6.54 Å². The summed E-state index contributed by atoms with van der Waals surface area (Å²) in [7, 11) is 0. The number of rotatable bonds is 3. The van der Waals surface area contributed by atoms with Crippen LogP contribution in [0.25, 0.3) is 0 Å². The molecule has 2 saturated heterocycles. The second kappa shape index (κ2) is 3.49. The Bertz CT molecular complexity index is 540. The maximum Gasteiger partial charge on any atom is 0.354 e. The lowest BCUT2D eigenvalue weighted by atomic mass is 10.0. The summed E-state index contributed by atoms with van der Waals surface area (Å²) in [6.45, 7) is 3.52. The monoisotopic (exact) mass is 266 g/mol. The number of amides is 1. The molecule has 102 valence electrons. The van der Waals surface area contributed by atoms with Gasteiger partial charge >= 0.3 is 11.9 Å². The highest BCUT2D eigenvalue weighted by Gasteiger charge is 2.58. The normalized spacial score (nSPS) is 32.1. The first-order valence-corrected chi connectivity index (χ1v) is 6.09. The van der Waals surface area contributed by atoms with E-state index in [1.165, 1.54) is 11.8 Å². The van der Waals surface area contributed by atoms with Crippen molar-refractivity contribution < 1.29 is 24.2 Å².